The van der Waals surface area contributed by atoms with Crippen LogP contribution in [0, 0.1) is 5.92 Å². The molecule has 0 aliphatic heterocycles. The number of nitrogens with zero attached hydrogens (tertiary/aromatic N) is 1. The first kappa shape index (κ1) is 17.1. The molecule has 0 radical (unpaired) electrons. The van der Waals surface area contributed by atoms with Gasteiger partial charge in [-0.2, -0.15) is 0 Å². The van der Waals surface area contributed by atoms with Crippen LogP contribution in [0.25, 0.3) is 0 Å². The molecular formula is C15H29NO2. The van der Waals surface area contributed by atoms with Crippen molar-refractivity contribution < 1.29 is 9.63 Å². The smallest absolute Gasteiger partial charge is 0.175 e. The zero-order valence-electron chi connectivity index (χ0n) is 12.5. The fourth-order valence-electron chi connectivity index (χ4n) is 1.65. The summed E-state index contributed by atoms with van der Waals surface area (Å²) >= 11 is 0. The first-order valence-corrected chi connectivity index (χ1v) is 7.23. The average molecular weight is 255 g/mol. The lowest BCUT2D eigenvalue weighted by molar-refractivity contribution is -0.123. The number of hydrogen-bond acceptors (Lipinski definition) is 3. The molecule has 0 heterocycles. The number of rotatable bonds is 11. The van der Waals surface area contributed by atoms with E-state index in [0.717, 1.165) is 18.1 Å². The van der Waals surface area contributed by atoms with E-state index >= 15 is 0 Å². The van der Waals surface area contributed by atoms with Crippen molar-refractivity contribution in [2.24, 2.45) is 11.1 Å². The summed E-state index contributed by atoms with van der Waals surface area (Å²) in [4.78, 5) is 16.0. The Morgan fingerprint density at radius 2 is 1.83 bits per heavy atom. The largest absolute Gasteiger partial charge is 0.388 e. The van der Waals surface area contributed by atoms with Crippen LogP contribution in [0.15, 0.2) is 5.16 Å². The van der Waals surface area contributed by atoms with E-state index in [1.165, 1.54) is 32.1 Å². The van der Waals surface area contributed by atoms with Gasteiger partial charge in [-0.05, 0) is 25.7 Å². The Labute approximate surface area is 112 Å². The quantitative estimate of drug-likeness (QED) is 0.313. The van der Waals surface area contributed by atoms with Gasteiger partial charge in [-0.15, -0.1) is 0 Å². The van der Waals surface area contributed by atoms with Crippen molar-refractivity contribution in [3.8, 4) is 0 Å². The Hall–Kier alpha value is -0.860. The second-order valence-corrected chi connectivity index (χ2v) is 5.34. The molecule has 0 spiro atoms. The molecule has 3 heteroatoms. The van der Waals surface area contributed by atoms with Crippen molar-refractivity contribution in [2.45, 2.75) is 72.6 Å². The first-order valence-electron chi connectivity index (χ1n) is 7.23. The van der Waals surface area contributed by atoms with E-state index in [0.29, 0.717) is 6.42 Å². The topological polar surface area (TPSA) is 38.7 Å². The highest BCUT2D eigenvalue weighted by Crippen LogP contribution is 2.10. The molecule has 0 N–H and O–H groups in total. The van der Waals surface area contributed by atoms with Crippen molar-refractivity contribution >= 4 is 11.5 Å². The highest BCUT2D eigenvalue weighted by molar-refractivity contribution is 5.82. The third-order valence-corrected chi connectivity index (χ3v) is 2.91. The van der Waals surface area contributed by atoms with Gasteiger partial charge in [-0.3, -0.25) is 4.79 Å². The van der Waals surface area contributed by atoms with E-state index in [9.17, 15) is 4.79 Å². The lowest BCUT2D eigenvalue weighted by atomic mass is 10.0. The van der Waals surface area contributed by atoms with Crippen LogP contribution in [0.5, 0.6) is 0 Å². The summed E-state index contributed by atoms with van der Waals surface area (Å²) in [6, 6.07) is 0. The van der Waals surface area contributed by atoms with E-state index in [1.54, 1.807) is 0 Å². The van der Waals surface area contributed by atoms with E-state index in [1.807, 2.05) is 13.8 Å². The Balaban J connectivity index is 3.43. The van der Waals surface area contributed by atoms with Crippen LogP contribution in [0.3, 0.4) is 0 Å². The van der Waals surface area contributed by atoms with Gasteiger partial charge < -0.3 is 4.84 Å². The van der Waals surface area contributed by atoms with Crippen LogP contribution in [0.4, 0.5) is 0 Å². The van der Waals surface area contributed by atoms with E-state index < -0.39 is 0 Å². The third kappa shape index (κ3) is 11.6. The van der Waals surface area contributed by atoms with Crippen LogP contribution in [-0.4, -0.2) is 18.1 Å². The number of ketones is 1. The monoisotopic (exact) mass is 255 g/mol. The Morgan fingerprint density at radius 3 is 2.44 bits per heavy atom. The molecule has 0 aliphatic carbocycles. The number of Topliss-reactive ketones (excluding diaryl/α,β-unsaturated/α-hetero) is 1. The summed E-state index contributed by atoms with van der Waals surface area (Å²) in [6.45, 7) is 8.45. The minimum absolute atomic E-state index is 0.0974. The average Bonchev–Trinajstić information content (AvgIpc) is 2.33. The molecule has 18 heavy (non-hydrogen) atoms. The standard InChI is InChI=1S/C15H29NO2/c1-5-15(17)12-18-16-14(4)11-9-7-6-8-10-13(2)3/h13H,5-12H2,1-4H3/b16-14+. The molecule has 0 aromatic heterocycles. The van der Waals surface area contributed by atoms with E-state index in [4.69, 9.17) is 4.84 Å². The maximum Gasteiger partial charge on any atom is 0.175 e. The predicted octanol–water partition coefficient (Wildman–Crippen LogP) is 4.35. The van der Waals surface area contributed by atoms with Crippen molar-refractivity contribution in [1.29, 1.82) is 0 Å². The number of carbonyl (C=O) groups excluding carboxylic acids is 1. The van der Waals surface area contributed by atoms with Gasteiger partial charge in [0, 0.05) is 6.42 Å². The normalized spacial score (nSPS) is 11.9. The molecule has 106 valence electrons. The number of carbonyl (C=O) groups is 1. The summed E-state index contributed by atoms with van der Waals surface area (Å²) < 4.78 is 0. The highest BCUT2D eigenvalue weighted by Gasteiger charge is 1.99. The summed E-state index contributed by atoms with van der Waals surface area (Å²) in [5, 5.41) is 3.95. The van der Waals surface area contributed by atoms with Gasteiger partial charge in [-0.1, -0.05) is 51.6 Å². The van der Waals surface area contributed by atoms with Crippen LogP contribution < -0.4 is 0 Å². The van der Waals surface area contributed by atoms with Crippen molar-refractivity contribution in [3.05, 3.63) is 0 Å². The van der Waals surface area contributed by atoms with Crippen LogP contribution >= 0.6 is 0 Å². The van der Waals surface area contributed by atoms with Crippen molar-refractivity contribution in [3.63, 3.8) is 0 Å². The summed E-state index contributed by atoms with van der Waals surface area (Å²) in [6.07, 6.45) is 7.88. The Kier molecular flexibility index (Phi) is 10.7. The van der Waals surface area contributed by atoms with Crippen molar-refractivity contribution in [1.82, 2.24) is 0 Å². The minimum Gasteiger partial charge on any atom is -0.388 e. The van der Waals surface area contributed by atoms with Gasteiger partial charge >= 0.3 is 0 Å². The second kappa shape index (κ2) is 11.2. The van der Waals surface area contributed by atoms with Gasteiger partial charge in [0.1, 0.15) is 0 Å². The molecule has 0 bridgehead atoms. The molecule has 0 fully saturated rings. The van der Waals surface area contributed by atoms with Crippen LogP contribution in [-0.2, 0) is 9.63 Å². The second-order valence-electron chi connectivity index (χ2n) is 5.34. The molecule has 0 saturated carbocycles. The predicted molar refractivity (Wildman–Crippen MR) is 76.9 cm³/mol. The first-order chi connectivity index (χ1) is 8.56. The van der Waals surface area contributed by atoms with Gasteiger partial charge in [0.05, 0.1) is 5.71 Å². The molecule has 0 atom stereocenters. The fourth-order valence-corrected chi connectivity index (χ4v) is 1.65. The number of hydrogen-bond donors (Lipinski definition) is 0. The zero-order chi connectivity index (χ0) is 13.8. The summed E-state index contributed by atoms with van der Waals surface area (Å²) in [5.74, 6) is 0.915. The SMILES string of the molecule is CCC(=O)CO/N=C(\C)CCCCCCC(C)C. The molecule has 0 rings (SSSR count). The Bertz CT molecular complexity index is 247. The molecular weight excluding hydrogens is 226 g/mol. The molecule has 0 saturated heterocycles. The summed E-state index contributed by atoms with van der Waals surface area (Å²) in [5.41, 5.74) is 0.989. The van der Waals surface area contributed by atoms with Crippen molar-refractivity contribution in [2.75, 3.05) is 6.61 Å². The van der Waals surface area contributed by atoms with Gasteiger partial charge in [0.15, 0.2) is 12.4 Å². The minimum atomic E-state index is 0.0974. The van der Waals surface area contributed by atoms with Crippen LogP contribution in [0.1, 0.15) is 72.6 Å². The van der Waals surface area contributed by atoms with Gasteiger partial charge in [-0.25, -0.2) is 0 Å². The zero-order valence-corrected chi connectivity index (χ0v) is 12.5. The molecule has 0 aliphatic rings. The molecule has 0 amide bonds. The molecule has 0 aromatic rings. The van der Waals surface area contributed by atoms with Crippen LogP contribution in [0.2, 0.25) is 0 Å². The lowest BCUT2D eigenvalue weighted by Gasteiger charge is -2.04. The molecule has 0 aromatic carbocycles. The molecule has 0 unspecified atom stereocenters. The van der Waals surface area contributed by atoms with Gasteiger partial charge in [0.2, 0.25) is 0 Å². The third-order valence-electron chi connectivity index (χ3n) is 2.91. The Morgan fingerprint density at radius 1 is 1.17 bits per heavy atom. The summed E-state index contributed by atoms with van der Waals surface area (Å²) in [7, 11) is 0. The maximum atomic E-state index is 11.0. The number of unbranched alkanes of at least 4 members (excludes halogenated alkanes) is 3. The highest BCUT2D eigenvalue weighted by atomic mass is 16.6. The fraction of sp³-hybridized carbons (Fsp3) is 0.867. The number of oxime groups is 1. The molecule has 3 nitrogen and oxygen atoms in total. The van der Waals surface area contributed by atoms with E-state index in [2.05, 4.69) is 19.0 Å². The van der Waals surface area contributed by atoms with E-state index in [-0.39, 0.29) is 12.4 Å². The van der Waals surface area contributed by atoms with Gasteiger partial charge in [0.25, 0.3) is 0 Å². The maximum absolute atomic E-state index is 11.0. The lowest BCUT2D eigenvalue weighted by Crippen LogP contribution is -2.05.